The molecule has 3 amide bonds. The summed E-state index contributed by atoms with van der Waals surface area (Å²) in [6.45, 7) is 6.22. The number of likely N-dealkylation sites (N-methyl/N-ethyl adjacent to an activating group) is 3. The Morgan fingerprint density at radius 2 is 1.82 bits per heavy atom. The van der Waals surface area contributed by atoms with Gasteiger partial charge in [0.15, 0.2) is 0 Å². The molecular formula is C20H27N6O2+. The van der Waals surface area contributed by atoms with Gasteiger partial charge in [0.1, 0.15) is 0 Å². The van der Waals surface area contributed by atoms with E-state index >= 15 is 0 Å². The lowest BCUT2D eigenvalue weighted by atomic mass is 10.1. The fraction of sp³-hybridized carbons (Fsp3) is 0.500. The number of aliphatic imine (C=N–C) groups is 1. The summed E-state index contributed by atoms with van der Waals surface area (Å²) < 4.78 is 2.23. The zero-order chi connectivity index (χ0) is 20.0. The topological polar surface area (TPSA) is 62.5 Å². The number of aryl methyl sites for hydroxylation is 1. The van der Waals surface area contributed by atoms with Crippen LogP contribution in [0.5, 0.6) is 0 Å². The van der Waals surface area contributed by atoms with E-state index in [1.165, 1.54) is 22.4 Å². The van der Waals surface area contributed by atoms with Crippen LogP contribution in [0.25, 0.3) is 0 Å². The van der Waals surface area contributed by atoms with E-state index in [-0.39, 0.29) is 11.9 Å². The van der Waals surface area contributed by atoms with Gasteiger partial charge in [-0.05, 0) is 19.5 Å². The predicted octanol–water partition coefficient (Wildman–Crippen LogP) is 0.415. The highest BCUT2D eigenvalue weighted by atomic mass is 16.2. The molecule has 0 saturated carbocycles. The lowest BCUT2D eigenvalue weighted by molar-refractivity contribution is -0.544. The second kappa shape index (κ2) is 7.01. The van der Waals surface area contributed by atoms with Gasteiger partial charge in [-0.25, -0.2) is 9.69 Å². The summed E-state index contributed by atoms with van der Waals surface area (Å²) in [5.41, 5.74) is 2.30. The molecule has 0 spiro atoms. The molecule has 3 aliphatic heterocycles. The molecule has 0 bridgehead atoms. The quantitative estimate of drug-likeness (QED) is 0.695. The molecule has 1 unspecified atom stereocenters. The minimum absolute atomic E-state index is 0.223. The van der Waals surface area contributed by atoms with Crippen molar-refractivity contribution in [2.75, 3.05) is 47.3 Å². The number of amidine groups is 1. The number of imide groups is 1. The van der Waals surface area contributed by atoms with Gasteiger partial charge in [-0.2, -0.15) is 0 Å². The van der Waals surface area contributed by atoms with Crippen LogP contribution in [0.15, 0.2) is 29.3 Å². The van der Waals surface area contributed by atoms with E-state index in [0.29, 0.717) is 12.4 Å². The highest BCUT2D eigenvalue weighted by Gasteiger charge is 2.55. The number of hydrogen-bond donors (Lipinski definition) is 0. The Kier molecular flexibility index (Phi) is 4.66. The van der Waals surface area contributed by atoms with Crippen molar-refractivity contribution in [3.05, 3.63) is 35.4 Å². The molecule has 0 aromatic heterocycles. The van der Waals surface area contributed by atoms with Gasteiger partial charge in [0.05, 0.1) is 19.6 Å². The van der Waals surface area contributed by atoms with Gasteiger partial charge in [0.2, 0.25) is 11.9 Å². The van der Waals surface area contributed by atoms with E-state index in [1.54, 1.807) is 7.05 Å². The molecule has 0 aliphatic carbocycles. The number of fused-ring (bicyclic) bond motifs is 1. The van der Waals surface area contributed by atoms with Crippen LogP contribution in [0.3, 0.4) is 0 Å². The van der Waals surface area contributed by atoms with Crippen molar-refractivity contribution in [1.29, 1.82) is 0 Å². The number of carbonyl (C=O) groups excluding carboxylic acids is 2. The van der Waals surface area contributed by atoms with E-state index in [0.717, 1.165) is 37.7 Å². The van der Waals surface area contributed by atoms with Gasteiger partial charge in [0.25, 0.3) is 5.91 Å². The summed E-state index contributed by atoms with van der Waals surface area (Å²) in [4.78, 5) is 37.3. The van der Waals surface area contributed by atoms with Gasteiger partial charge < -0.3 is 4.90 Å². The zero-order valence-electron chi connectivity index (χ0n) is 16.9. The normalized spacial score (nSPS) is 23.5. The molecule has 3 heterocycles. The Hall–Kier alpha value is -2.74. The van der Waals surface area contributed by atoms with Gasteiger partial charge in [-0.15, -0.1) is 0 Å². The standard InChI is InChI=1S/C20H27N6O2/c1-14-6-5-7-15(12-14)13-26-16-17(23(3)20(28)24(4)18(16)27)21-19(26)25-10-8-22(2)9-11-25/h5-7,12,16H,8-11,13H2,1-4H3/q+1. The SMILES string of the molecule is Cc1cccc(CN2C(=[N+]3CCN(C)CC3)N=C3C2C(=O)N(C)C(=O)N3C)c1. The van der Waals surface area contributed by atoms with E-state index in [4.69, 9.17) is 4.99 Å². The lowest BCUT2D eigenvalue weighted by Crippen LogP contribution is -2.62. The maximum atomic E-state index is 13.0. The van der Waals surface area contributed by atoms with Crippen molar-refractivity contribution < 1.29 is 14.2 Å². The van der Waals surface area contributed by atoms with Crippen molar-refractivity contribution in [2.24, 2.45) is 4.99 Å². The number of nitrogens with zero attached hydrogens (tertiary/aromatic N) is 6. The second-order valence-corrected chi connectivity index (χ2v) is 7.82. The van der Waals surface area contributed by atoms with Crippen molar-refractivity contribution in [3.8, 4) is 0 Å². The fourth-order valence-electron chi connectivity index (χ4n) is 4.01. The summed E-state index contributed by atoms with van der Waals surface area (Å²) in [7, 11) is 5.34. The highest BCUT2D eigenvalue weighted by molar-refractivity contribution is 6.25. The van der Waals surface area contributed by atoms with Crippen molar-refractivity contribution in [2.45, 2.75) is 19.5 Å². The molecule has 0 N–H and O–H groups in total. The highest BCUT2D eigenvalue weighted by Crippen LogP contribution is 2.25. The third-order valence-electron chi connectivity index (χ3n) is 5.73. The molecule has 0 radical (unpaired) electrons. The predicted molar refractivity (Wildman–Crippen MR) is 106 cm³/mol. The molecule has 1 aromatic rings. The van der Waals surface area contributed by atoms with E-state index in [9.17, 15) is 9.59 Å². The van der Waals surface area contributed by atoms with Crippen LogP contribution in [0.4, 0.5) is 4.79 Å². The summed E-state index contributed by atoms with van der Waals surface area (Å²) in [5, 5.41) is 0. The van der Waals surface area contributed by atoms with Gasteiger partial charge in [-0.3, -0.25) is 19.2 Å². The zero-order valence-corrected chi connectivity index (χ0v) is 16.9. The first kappa shape index (κ1) is 18.6. The van der Waals surface area contributed by atoms with Gasteiger partial charge >= 0.3 is 12.0 Å². The third-order valence-corrected chi connectivity index (χ3v) is 5.73. The van der Waals surface area contributed by atoms with Crippen LogP contribution >= 0.6 is 0 Å². The molecule has 4 rings (SSSR count). The van der Waals surface area contributed by atoms with Crippen LogP contribution in [0.1, 0.15) is 11.1 Å². The first-order valence-electron chi connectivity index (χ1n) is 9.63. The largest absolute Gasteiger partial charge is 0.392 e. The molecule has 1 aromatic carbocycles. The van der Waals surface area contributed by atoms with Gasteiger partial charge in [-0.1, -0.05) is 34.8 Å². The summed E-state index contributed by atoms with van der Waals surface area (Å²) >= 11 is 0. The van der Waals surface area contributed by atoms with Gasteiger partial charge in [0, 0.05) is 27.2 Å². The number of piperazine rings is 1. The Morgan fingerprint density at radius 1 is 1.11 bits per heavy atom. The van der Waals surface area contributed by atoms with Crippen molar-refractivity contribution in [3.63, 3.8) is 0 Å². The van der Waals surface area contributed by atoms with Crippen LogP contribution < -0.4 is 0 Å². The number of benzene rings is 1. The molecule has 3 aliphatic rings. The number of carbonyl (C=O) groups is 2. The van der Waals surface area contributed by atoms with Crippen LogP contribution in [0.2, 0.25) is 0 Å². The minimum atomic E-state index is -0.567. The van der Waals surface area contributed by atoms with Crippen LogP contribution in [-0.2, 0) is 11.3 Å². The van der Waals surface area contributed by atoms with Crippen LogP contribution in [0, 0.1) is 6.92 Å². The minimum Gasteiger partial charge on any atom is -0.300 e. The summed E-state index contributed by atoms with van der Waals surface area (Å²) in [6.07, 6.45) is 0. The number of guanidine groups is 1. The number of urea groups is 1. The maximum absolute atomic E-state index is 13.0. The number of rotatable bonds is 2. The third kappa shape index (κ3) is 3.07. The number of hydrogen-bond acceptors (Lipinski definition) is 3. The molecule has 8 nitrogen and oxygen atoms in total. The maximum Gasteiger partial charge on any atom is 0.392 e. The Labute approximate surface area is 165 Å². The number of amides is 3. The summed E-state index contributed by atoms with van der Waals surface area (Å²) in [6, 6.07) is 7.39. The Balaban J connectivity index is 1.76. The van der Waals surface area contributed by atoms with E-state index < -0.39 is 6.04 Å². The first-order valence-corrected chi connectivity index (χ1v) is 9.63. The first-order chi connectivity index (χ1) is 13.4. The summed E-state index contributed by atoms with van der Waals surface area (Å²) in [5.74, 6) is 1.09. The molecule has 8 heteroatoms. The molecule has 1 atom stereocenters. The molecule has 2 saturated heterocycles. The Morgan fingerprint density at radius 3 is 2.50 bits per heavy atom. The monoisotopic (exact) mass is 383 g/mol. The fourth-order valence-corrected chi connectivity index (χ4v) is 4.01. The van der Waals surface area contributed by atoms with E-state index in [1.807, 2.05) is 6.07 Å². The molecular weight excluding hydrogens is 356 g/mol. The smallest absolute Gasteiger partial charge is 0.300 e. The molecule has 148 valence electrons. The average molecular weight is 383 g/mol. The molecule has 28 heavy (non-hydrogen) atoms. The lowest BCUT2D eigenvalue weighted by Gasteiger charge is -2.33. The van der Waals surface area contributed by atoms with Crippen molar-refractivity contribution in [1.82, 2.24) is 19.6 Å². The van der Waals surface area contributed by atoms with Crippen molar-refractivity contribution >= 4 is 23.7 Å². The average Bonchev–Trinajstić information content (AvgIpc) is 3.04. The second-order valence-electron chi connectivity index (χ2n) is 7.82. The Bertz CT molecular complexity index is 882. The molecule has 2 fully saturated rings. The van der Waals surface area contributed by atoms with Crippen LogP contribution in [-0.4, -0.2) is 101 Å². The van der Waals surface area contributed by atoms with E-state index in [2.05, 4.69) is 46.5 Å².